The molecule has 8 heteroatoms. The van der Waals surface area contributed by atoms with Gasteiger partial charge < -0.3 is 5.73 Å². The lowest BCUT2D eigenvalue weighted by molar-refractivity contribution is 0.693. The zero-order chi connectivity index (χ0) is 19.0. The van der Waals surface area contributed by atoms with Crippen LogP contribution in [0, 0.1) is 5.41 Å². The molecule has 3 N–H and O–H groups in total. The van der Waals surface area contributed by atoms with Crippen molar-refractivity contribution < 1.29 is 0 Å². The number of aliphatic imine (C=N–C) groups is 1. The molecule has 1 atom stereocenters. The van der Waals surface area contributed by atoms with E-state index in [-0.39, 0.29) is 5.84 Å². The van der Waals surface area contributed by atoms with Crippen LogP contribution in [0.2, 0.25) is 5.02 Å². The monoisotopic (exact) mass is 430 g/mol. The van der Waals surface area contributed by atoms with Crippen molar-refractivity contribution in [1.82, 2.24) is 4.98 Å². The average Bonchev–Trinajstić information content (AvgIpc) is 3.40. The molecule has 0 amide bonds. The third-order valence-corrected chi connectivity index (χ3v) is 7.84. The Labute approximate surface area is 174 Å². The summed E-state index contributed by atoms with van der Waals surface area (Å²) in [6.45, 7) is 0. The summed E-state index contributed by atoms with van der Waals surface area (Å²) in [7, 11) is 0. The van der Waals surface area contributed by atoms with Gasteiger partial charge in [-0.15, -0.1) is 34.4 Å². The zero-order valence-electron chi connectivity index (χ0n) is 14.3. The van der Waals surface area contributed by atoms with E-state index in [1.807, 2.05) is 54.1 Å². The highest BCUT2D eigenvalue weighted by Gasteiger charge is 2.37. The lowest BCUT2D eigenvalue weighted by Gasteiger charge is -2.23. The van der Waals surface area contributed by atoms with Gasteiger partial charge in [-0.2, -0.15) is 0 Å². The van der Waals surface area contributed by atoms with Crippen LogP contribution in [0.3, 0.4) is 0 Å². The van der Waals surface area contributed by atoms with Crippen molar-refractivity contribution in [3.8, 4) is 11.3 Å². The Morgan fingerprint density at radius 3 is 2.81 bits per heavy atom. The molecule has 3 aromatic rings. The fraction of sp³-hybridized carbons (Fsp3) is 0.105. The number of hydrogen-bond donors (Lipinski definition) is 2. The van der Waals surface area contributed by atoms with E-state index >= 15 is 0 Å². The van der Waals surface area contributed by atoms with Crippen molar-refractivity contribution in [2.75, 3.05) is 6.26 Å². The first-order valence-corrected chi connectivity index (χ1v) is 11.3. The number of thiazole rings is 1. The highest BCUT2D eigenvalue weighted by Crippen LogP contribution is 2.44. The van der Waals surface area contributed by atoms with Crippen molar-refractivity contribution in [2.24, 2.45) is 10.7 Å². The SMILES string of the molecule is CSc1sc(C(=N)N)cc1-c1csc(C2(c3ccccc3Cl)C=CC=N2)n1. The normalized spacial score (nSPS) is 18.3. The number of halogens is 1. The van der Waals surface area contributed by atoms with Gasteiger partial charge in [-0.05, 0) is 30.5 Å². The van der Waals surface area contributed by atoms with E-state index in [2.05, 4.69) is 0 Å². The molecule has 0 saturated heterocycles. The predicted octanol–water partition coefficient (Wildman–Crippen LogP) is 5.42. The summed E-state index contributed by atoms with van der Waals surface area (Å²) < 4.78 is 1.09. The van der Waals surface area contributed by atoms with Crippen LogP contribution < -0.4 is 5.73 Å². The maximum absolute atomic E-state index is 7.71. The number of aromatic nitrogens is 1. The molecule has 3 heterocycles. The van der Waals surface area contributed by atoms with E-state index in [0.717, 1.165) is 30.9 Å². The number of hydrogen-bond acceptors (Lipinski definition) is 6. The predicted molar refractivity (Wildman–Crippen MR) is 118 cm³/mol. The quantitative estimate of drug-likeness (QED) is 0.322. The summed E-state index contributed by atoms with van der Waals surface area (Å²) in [5.41, 5.74) is 7.76. The molecule has 4 nitrogen and oxygen atoms in total. The maximum Gasteiger partial charge on any atom is 0.157 e. The third-order valence-electron chi connectivity index (χ3n) is 4.24. The molecule has 0 spiro atoms. The lowest BCUT2D eigenvalue weighted by Crippen LogP contribution is -2.21. The Balaban J connectivity index is 1.83. The number of nitrogens with one attached hydrogen (secondary N) is 1. The molecule has 0 aliphatic carbocycles. The molecule has 0 bridgehead atoms. The number of nitrogen functional groups attached to an aromatic ring is 1. The van der Waals surface area contributed by atoms with Crippen molar-refractivity contribution in [1.29, 1.82) is 5.41 Å². The number of nitrogens with zero attached hydrogens (tertiary/aromatic N) is 2. The Morgan fingerprint density at radius 2 is 2.15 bits per heavy atom. The van der Waals surface area contributed by atoms with E-state index < -0.39 is 5.54 Å². The fourth-order valence-corrected chi connectivity index (χ4v) is 5.96. The van der Waals surface area contributed by atoms with Gasteiger partial charge in [-0.1, -0.05) is 29.8 Å². The van der Waals surface area contributed by atoms with Crippen LogP contribution in [-0.4, -0.2) is 23.3 Å². The fourth-order valence-electron chi connectivity index (χ4n) is 2.97. The van der Waals surface area contributed by atoms with Crippen LogP contribution in [-0.2, 0) is 5.54 Å². The molecule has 0 saturated carbocycles. The molecule has 0 radical (unpaired) electrons. The third kappa shape index (κ3) is 3.14. The molecule has 1 aliphatic rings. The van der Waals surface area contributed by atoms with E-state index in [9.17, 15) is 0 Å². The first kappa shape index (κ1) is 18.4. The van der Waals surface area contributed by atoms with Crippen molar-refractivity contribution in [3.63, 3.8) is 0 Å². The van der Waals surface area contributed by atoms with Gasteiger partial charge in [-0.25, -0.2) is 4.98 Å². The van der Waals surface area contributed by atoms with Crippen LogP contribution in [0.25, 0.3) is 11.3 Å². The van der Waals surface area contributed by atoms with Crippen LogP contribution in [0.4, 0.5) is 0 Å². The molecular formula is C19H15ClN4S3. The number of rotatable bonds is 5. The Kier molecular flexibility index (Phi) is 4.94. The van der Waals surface area contributed by atoms with Crippen molar-refractivity contribution >= 4 is 58.1 Å². The summed E-state index contributed by atoms with van der Waals surface area (Å²) in [4.78, 5) is 10.4. The summed E-state index contributed by atoms with van der Waals surface area (Å²) in [5, 5.41) is 11.3. The highest BCUT2D eigenvalue weighted by molar-refractivity contribution is 8.00. The Hall–Kier alpha value is -1.93. The second-order valence-electron chi connectivity index (χ2n) is 5.85. The standard InChI is InChI=1S/C19H15ClN4S3/c1-25-17-11(9-15(27-17)16(21)22)14-10-26-18(24-14)19(7-4-8-23-19)12-5-2-3-6-13(12)20/h2-10H,1H3,(H3,21,22). The van der Waals surface area contributed by atoms with Gasteiger partial charge in [0.05, 0.1) is 14.8 Å². The Bertz CT molecular complexity index is 1070. The minimum absolute atomic E-state index is 0.0767. The van der Waals surface area contributed by atoms with E-state index in [4.69, 9.17) is 32.7 Å². The number of thiophene rings is 1. The van der Waals surface area contributed by atoms with Crippen molar-refractivity contribution in [2.45, 2.75) is 9.75 Å². The smallest absolute Gasteiger partial charge is 0.157 e. The van der Waals surface area contributed by atoms with E-state index in [1.54, 1.807) is 29.3 Å². The summed E-state index contributed by atoms with van der Waals surface area (Å²) >= 11 is 11.2. The molecular weight excluding hydrogens is 416 g/mol. The first-order valence-electron chi connectivity index (χ1n) is 8.02. The summed E-state index contributed by atoms with van der Waals surface area (Å²) in [6.07, 6.45) is 7.76. The molecule has 4 rings (SSSR count). The number of amidine groups is 1. The van der Waals surface area contributed by atoms with Gasteiger partial charge in [0.15, 0.2) is 5.54 Å². The van der Waals surface area contributed by atoms with Gasteiger partial charge >= 0.3 is 0 Å². The molecule has 1 unspecified atom stereocenters. The molecule has 1 aliphatic heterocycles. The van der Waals surface area contributed by atoms with Gasteiger partial charge in [0.1, 0.15) is 10.8 Å². The van der Waals surface area contributed by atoms with Crippen LogP contribution >= 0.6 is 46.0 Å². The average molecular weight is 431 g/mol. The van der Waals surface area contributed by atoms with Gasteiger partial charge in [0.25, 0.3) is 0 Å². The van der Waals surface area contributed by atoms with E-state index in [0.29, 0.717) is 5.02 Å². The second kappa shape index (κ2) is 7.24. The largest absolute Gasteiger partial charge is 0.383 e. The van der Waals surface area contributed by atoms with Gasteiger partial charge in [0, 0.05) is 27.7 Å². The topological polar surface area (TPSA) is 75.1 Å². The molecule has 136 valence electrons. The second-order valence-corrected chi connectivity index (χ2v) is 9.24. The van der Waals surface area contributed by atoms with E-state index in [1.165, 1.54) is 11.3 Å². The zero-order valence-corrected chi connectivity index (χ0v) is 17.5. The minimum atomic E-state index is -0.694. The maximum atomic E-state index is 7.71. The highest BCUT2D eigenvalue weighted by atomic mass is 35.5. The van der Waals surface area contributed by atoms with Gasteiger partial charge in [0.2, 0.25) is 0 Å². The van der Waals surface area contributed by atoms with Crippen molar-refractivity contribution in [3.05, 3.63) is 68.3 Å². The lowest BCUT2D eigenvalue weighted by atomic mass is 9.91. The van der Waals surface area contributed by atoms with Crippen LogP contribution in [0.15, 0.2) is 57.1 Å². The number of thioether (sulfide) groups is 1. The summed E-state index contributed by atoms with van der Waals surface area (Å²) in [5.74, 6) is 0.0767. The molecule has 2 aromatic heterocycles. The van der Waals surface area contributed by atoms with Crippen LogP contribution in [0.5, 0.6) is 0 Å². The number of nitrogens with two attached hydrogens (primary N) is 1. The number of allylic oxidation sites excluding steroid dienone is 1. The minimum Gasteiger partial charge on any atom is -0.383 e. The Morgan fingerprint density at radius 1 is 1.33 bits per heavy atom. The summed E-state index contributed by atoms with van der Waals surface area (Å²) in [6, 6.07) is 9.67. The first-order chi connectivity index (χ1) is 13.0. The molecule has 27 heavy (non-hydrogen) atoms. The van der Waals surface area contributed by atoms with Crippen LogP contribution in [0.1, 0.15) is 15.4 Å². The van der Waals surface area contributed by atoms with Gasteiger partial charge in [-0.3, -0.25) is 10.4 Å². The molecule has 1 aromatic carbocycles. The number of benzene rings is 1. The molecule has 0 fully saturated rings.